The highest BCUT2D eigenvalue weighted by Crippen LogP contribution is 2.39. The third-order valence-electron chi connectivity index (χ3n) is 5.59. The average molecular weight is 536 g/mol. The number of methoxy groups -OCH3 is 1. The molecule has 2 N–H and O–H groups in total. The Morgan fingerprint density at radius 1 is 1.00 bits per heavy atom. The Hall–Kier alpha value is -4.51. The molecule has 1 aromatic heterocycles. The molecular formula is C27H25N3O7S. The van der Waals surface area contributed by atoms with Crippen LogP contribution in [-0.2, 0) is 27.2 Å². The zero-order valence-corrected chi connectivity index (χ0v) is 21.6. The number of thiophene rings is 1. The molecule has 11 heteroatoms. The Balaban J connectivity index is 1.36. The van der Waals surface area contributed by atoms with Crippen LogP contribution < -0.4 is 20.2 Å². The number of hydrogen-bond donors (Lipinski definition) is 2. The fourth-order valence-corrected chi connectivity index (χ4v) is 5.13. The lowest BCUT2D eigenvalue weighted by Crippen LogP contribution is -2.32. The monoisotopic (exact) mass is 535 g/mol. The van der Waals surface area contributed by atoms with Crippen molar-refractivity contribution >= 4 is 46.3 Å². The fraction of sp³-hybridized carbons (Fsp3) is 0.222. The minimum Gasteiger partial charge on any atom is -0.497 e. The van der Waals surface area contributed by atoms with Crippen molar-refractivity contribution in [1.29, 1.82) is 0 Å². The second-order valence-electron chi connectivity index (χ2n) is 8.13. The van der Waals surface area contributed by atoms with Gasteiger partial charge in [0.1, 0.15) is 16.5 Å². The molecule has 0 spiro atoms. The van der Waals surface area contributed by atoms with E-state index in [0.29, 0.717) is 27.4 Å². The summed E-state index contributed by atoms with van der Waals surface area (Å²) >= 11 is 1.28. The first kappa shape index (κ1) is 26.6. The van der Waals surface area contributed by atoms with E-state index in [2.05, 4.69) is 15.8 Å². The Kier molecular flexibility index (Phi) is 8.49. The van der Waals surface area contributed by atoms with Crippen LogP contribution in [0.3, 0.4) is 0 Å². The van der Waals surface area contributed by atoms with Gasteiger partial charge in [-0.3, -0.25) is 9.59 Å². The van der Waals surface area contributed by atoms with E-state index in [1.54, 1.807) is 55.5 Å². The van der Waals surface area contributed by atoms with Crippen molar-refractivity contribution in [3.63, 3.8) is 0 Å². The lowest BCUT2D eigenvalue weighted by Gasteiger charge is -2.07. The minimum atomic E-state index is -1.01. The molecule has 10 nitrogen and oxygen atoms in total. The van der Waals surface area contributed by atoms with E-state index in [0.717, 1.165) is 29.7 Å². The summed E-state index contributed by atoms with van der Waals surface area (Å²) in [6, 6.07) is 13.0. The normalized spacial score (nSPS) is 12.1. The fourth-order valence-electron chi connectivity index (χ4n) is 3.86. The molecule has 38 heavy (non-hydrogen) atoms. The van der Waals surface area contributed by atoms with Crippen molar-refractivity contribution in [2.24, 2.45) is 5.10 Å². The summed E-state index contributed by atoms with van der Waals surface area (Å²) in [6.45, 7) is 1.90. The van der Waals surface area contributed by atoms with Crippen LogP contribution >= 0.6 is 11.3 Å². The van der Waals surface area contributed by atoms with E-state index in [1.165, 1.54) is 24.7 Å². The van der Waals surface area contributed by atoms with Crippen molar-refractivity contribution in [3.8, 4) is 11.5 Å². The van der Waals surface area contributed by atoms with Gasteiger partial charge in [0.25, 0.3) is 0 Å². The molecule has 0 fully saturated rings. The summed E-state index contributed by atoms with van der Waals surface area (Å²) in [7, 11) is 1.50. The zero-order valence-electron chi connectivity index (χ0n) is 20.7. The lowest BCUT2D eigenvalue weighted by atomic mass is 10.1. The number of nitrogens with one attached hydrogen (secondary N) is 2. The van der Waals surface area contributed by atoms with Crippen LogP contribution in [0.5, 0.6) is 11.5 Å². The highest BCUT2D eigenvalue weighted by atomic mass is 32.1. The average Bonchev–Trinajstić information content (AvgIpc) is 3.50. The molecule has 4 rings (SSSR count). The summed E-state index contributed by atoms with van der Waals surface area (Å²) in [4.78, 5) is 50.7. The van der Waals surface area contributed by atoms with E-state index < -0.39 is 23.8 Å². The molecule has 3 aromatic rings. The van der Waals surface area contributed by atoms with E-state index >= 15 is 0 Å². The van der Waals surface area contributed by atoms with Gasteiger partial charge in [0.05, 0.1) is 31.1 Å². The summed E-state index contributed by atoms with van der Waals surface area (Å²) < 4.78 is 15.7. The van der Waals surface area contributed by atoms with Crippen LogP contribution in [-0.4, -0.2) is 43.7 Å². The minimum absolute atomic E-state index is 0.202. The van der Waals surface area contributed by atoms with E-state index in [9.17, 15) is 19.2 Å². The molecule has 1 heterocycles. The van der Waals surface area contributed by atoms with Gasteiger partial charge in [-0.15, -0.1) is 11.3 Å². The predicted molar refractivity (Wildman–Crippen MR) is 141 cm³/mol. The van der Waals surface area contributed by atoms with Crippen molar-refractivity contribution < 1.29 is 33.4 Å². The molecule has 0 unspecified atom stereocenters. The maximum absolute atomic E-state index is 12.5. The molecule has 2 amide bonds. The van der Waals surface area contributed by atoms with Crippen molar-refractivity contribution in [1.82, 2.24) is 5.43 Å². The highest BCUT2D eigenvalue weighted by molar-refractivity contribution is 7.17. The number of hydrogen-bond acceptors (Lipinski definition) is 9. The van der Waals surface area contributed by atoms with Gasteiger partial charge in [0.2, 0.25) is 0 Å². The number of esters is 2. The third kappa shape index (κ3) is 6.24. The second-order valence-corrected chi connectivity index (χ2v) is 9.23. The number of aryl methyl sites for hydroxylation is 1. The summed E-state index contributed by atoms with van der Waals surface area (Å²) in [6.07, 6.45) is 3.77. The topological polar surface area (TPSA) is 132 Å². The lowest BCUT2D eigenvalue weighted by molar-refractivity contribution is -0.136. The molecule has 1 aliphatic rings. The zero-order chi connectivity index (χ0) is 27.1. The van der Waals surface area contributed by atoms with Crippen LogP contribution in [0.2, 0.25) is 0 Å². The smallest absolute Gasteiger partial charge is 0.343 e. The quantitative estimate of drug-likeness (QED) is 0.148. The summed E-state index contributed by atoms with van der Waals surface area (Å²) in [5.41, 5.74) is 4.18. The summed E-state index contributed by atoms with van der Waals surface area (Å²) in [5, 5.41) is 6.61. The van der Waals surface area contributed by atoms with Gasteiger partial charge in [0, 0.05) is 4.88 Å². The number of rotatable bonds is 8. The van der Waals surface area contributed by atoms with Gasteiger partial charge in [-0.05, 0) is 67.6 Å². The SMILES string of the molecule is CCOC(=O)c1c(NC(=O)C(=O)N/N=C/c2cccc(OC(=O)c3cccc(OC)c3)c2)sc2c1CCC2. The van der Waals surface area contributed by atoms with Crippen LogP contribution in [0.25, 0.3) is 0 Å². The largest absolute Gasteiger partial charge is 0.497 e. The molecule has 0 atom stereocenters. The molecular weight excluding hydrogens is 510 g/mol. The first-order chi connectivity index (χ1) is 18.4. The molecule has 2 aromatic carbocycles. The van der Waals surface area contributed by atoms with Crippen LogP contribution in [0.4, 0.5) is 5.00 Å². The van der Waals surface area contributed by atoms with Gasteiger partial charge in [0.15, 0.2) is 0 Å². The van der Waals surface area contributed by atoms with Crippen LogP contribution in [0.15, 0.2) is 53.6 Å². The van der Waals surface area contributed by atoms with Gasteiger partial charge in [-0.2, -0.15) is 5.10 Å². The third-order valence-corrected chi connectivity index (χ3v) is 6.80. The molecule has 1 aliphatic carbocycles. The predicted octanol–water partition coefficient (Wildman–Crippen LogP) is 3.73. The first-order valence-corrected chi connectivity index (χ1v) is 12.6. The van der Waals surface area contributed by atoms with E-state index in [1.807, 2.05) is 0 Å². The Morgan fingerprint density at radius 2 is 1.79 bits per heavy atom. The second kappa shape index (κ2) is 12.2. The number of hydrazone groups is 1. The van der Waals surface area contributed by atoms with Crippen molar-refractivity contribution in [3.05, 3.63) is 75.7 Å². The first-order valence-electron chi connectivity index (χ1n) is 11.8. The number of amides is 2. The molecule has 0 aliphatic heterocycles. The maximum Gasteiger partial charge on any atom is 0.343 e. The maximum atomic E-state index is 12.5. The Morgan fingerprint density at radius 3 is 2.58 bits per heavy atom. The number of carbonyl (C=O) groups excluding carboxylic acids is 4. The number of nitrogens with zero attached hydrogens (tertiary/aromatic N) is 1. The van der Waals surface area contributed by atoms with Gasteiger partial charge in [-0.1, -0.05) is 18.2 Å². The van der Waals surface area contributed by atoms with Gasteiger partial charge in [-0.25, -0.2) is 15.0 Å². The van der Waals surface area contributed by atoms with Crippen LogP contribution in [0, 0.1) is 0 Å². The molecule has 196 valence electrons. The number of benzene rings is 2. The molecule has 0 radical (unpaired) electrons. The van der Waals surface area contributed by atoms with E-state index in [4.69, 9.17) is 14.2 Å². The number of carbonyl (C=O) groups is 4. The van der Waals surface area contributed by atoms with Crippen LogP contribution in [0.1, 0.15) is 50.1 Å². The Bertz CT molecular complexity index is 1410. The van der Waals surface area contributed by atoms with Crippen molar-refractivity contribution in [2.45, 2.75) is 26.2 Å². The van der Waals surface area contributed by atoms with Crippen molar-refractivity contribution in [2.75, 3.05) is 19.0 Å². The number of ether oxygens (including phenoxy) is 3. The summed E-state index contributed by atoms with van der Waals surface area (Å²) in [5.74, 6) is -2.26. The highest BCUT2D eigenvalue weighted by Gasteiger charge is 2.29. The number of anilines is 1. The van der Waals surface area contributed by atoms with E-state index in [-0.39, 0.29) is 12.4 Å². The molecule has 0 bridgehead atoms. The number of fused-ring (bicyclic) bond motifs is 1. The molecule has 0 saturated heterocycles. The standard InChI is InChI=1S/C27H25N3O7S/c1-3-36-27(34)22-20-11-6-12-21(20)38-25(22)29-23(31)24(32)30-28-15-16-7-4-10-19(13-16)37-26(33)17-8-5-9-18(14-17)35-2/h4-5,7-10,13-15H,3,6,11-12H2,1-2H3,(H,29,31)(H,30,32)/b28-15+. The van der Waals surface area contributed by atoms with Gasteiger partial charge < -0.3 is 19.5 Å². The Labute approximate surface area is 222 Å². The van der Waals surface area contributed by atoms with Gasteiger partial charge >= 0.3 is 23.8 Å². The molecule has 0 saturated carbocycles.